The van der Waals surface area contributed by atoms with E-state index in [1.807, 2.05) is 25.3 Å². The van der Waals surface area contributed by atoms with Gasteiger partial charge in [0.2, 0.25) is 11.8 Å². The number of rotatable bonds is 5. The molecule has 2 rings (SSSR count). The molecule has 1 N–H and O–H groups in total. The number of nitrogens with zero attached hydrogens (tertiary/aromatic N) is 1. The lowest BCUT2D eigenvalue weighted by atomic mass is 9.98. The second-order valence-corrected chi connectivity index (χ2v) is 6.55. The van der Waals surface area contributed by atoms with Crippen molar-refractivity contribution < 1.29 is 9.59 Å². The van der Waals surface area contributed by atoms with Crippen LogP contribution in [0.3, 0.4) is 0 Å². The molecule has 0 radical (unpaired) electrons. The highest BCUT2D eigenvalue weighted by Gasteiger charge is 2.38. The SMILES string of the molecule is CCCC(c1cccs1)N1CC(=O)NC(C(C)C)C1=O. The van der Waals surface area contributed by atoms with Crippen LogP contribution >= 0.6 is 11.3 Å². The van der Waals surface area contributed by atoms with E-state index < -0.39 is 6.04 Å². The maximum Gasteiger partial charge on any atom is 0.246 e. The Balaban J connectivity index is 2.27. The fraction of sp³-hybridized carbons (Fsp3) is 0.600. The third-order valence-corrected chi connectivity index (χ3v) is 4.63. The Morgan fingerprint density at radius 1 is 1.45 bits per heavy atom. The van der Waals surface area contributed by atoms with Crippen molar-refractivity contribution in [3.05, 3.63) is 22.4 Å². The maximum atomic E-state index is 12.6. The summed E-state index contributed by atoms with van der Waals surface area (Å²) < 4.78 is 0. The summed E-state index contributed by atoms with van der Waals surface area (Å²) in [4.78, 5) is 27.5. The Bertz CT molecular complexity index is 470. The maximum absolute atomic E-state index is 12.6. The number of hydrogen-bond acceptors (Lipinski definition) is 3. The van der Waals surface area contributed by atoms with Crippen LogP contribution in [0, 0.1) is 5.92 Å². The summed E-state index contributed by atoms with van der Waals surface area (Å²) in [6.07, 6.45) is 1.88. The van der Waals surface area contributed by atoms with Crippen LogP contribution in [0.25, 0.3) is 0 Å². The van der Waals surface area contributed by atoms with Gasteiger partial charge in [-0.15, -0.1) is 11.3 Å². The number of piperazine rings is 1. The Morgan fingerprint density at radius 3 is 2.75 bits per heavy atom. The monoisotopic (exact) mass is 294 g/mol. The van der Waals surface area contributed by atoms with Gasteiger partial charge in [-0.2, -0.15) is 0 Å². The zero-order valence-corrected chi connectivity index (χ0v) is 13.1. The highest BCUT2D eigenvalue weighted by molar-refractivity contribution is 7.10. The van der Waals surface area contributed by atoms with Crippen LogP contribution in [-0.2, 0) is 9.59 Å². The lowest BCUT2D eigenvalue weighted by Gasteiger charge is -2.39. The second-order valence-electron chi connectivity index (χ2n) is 5.58. The van der Waals surface area contributed by atoms with Crippen molar-refractivity contribution in [3.8, 4) is 0 Å². The van der Waals surface area contributed by atoms with E-state index in [2.05, 4.69) is 18.3 Å². The van der Waals surface area contributed by atoms with Gasteiger partial charge in [-0.05, 0) is 23.8 Å². The smallest absolute Gasteiger partial charge is 0.246 e. The molecular weight excluding hydrogens is 272 g/mol. The van der Waals surface area contributed by atoms with Gasteiger partial charge in [-0.25, -0.2) is 0 Å². The lowest BCUT2D eigenvalue weighted by Crippen LogP contribution is -2.60. The summed E-state index contributed by atoms with van der Waals surface area (Å²) >= 11 is 1.65. The lowest BCUT2D eigenvalue weighted by molar-refractivity contribution is -0.148. The van der Waals surface area contributed by atoms with Crippen LogP contribution < -0.4 is 5.32 Å². The third kappa shape index (κ3) is 3.03. The normalized spacial score (nSPS) is 21.2. The van der Waals surface area contributed by atoms with E-state index in [9.17, 15) is 9.59 Å². The Morgan fingerprint density at radius 2 is 2.20 bits per heavy atom. The number of thiophene rings is 1. The molecule has 0 aliphatic carbocycles. The van der Waals surface area contributed by atoms with Gasteiger partial charge in [0.25, 0.3) is 0 Å². The van der Waals surface area contributed by atoms with E-state index in [4.69, 9.17) is 0 Å². The van der Waals surface area contributed by atoms with E-state index in [1.165, 1.54) is 0 Å². The number of carbonyl (C=O) groups is 2. The van der Waals surface area contributed by atoms with Gasteiger partial charge in [0.1, 0.15) is 12.6 Å². The Labute approximate surface area is 124 Å². The zero-order chi connectivity index (χ0) is 14.7. The predicted molar refractivity (Wildman–Crippen MR) is 80.4 cm³/mol. The molecule has 2 unspecified atom stereocenters. The molecule has 1 fully saturated rings. The summed E-state index contributed by atoms with van der Waals surface area (Å²) in [6.45, 7) is 6.21. The fourth-order valence-corrected chi connectivity index (χ4v) is 3.49. The summed E-state index contributed by atoms with van der Waals surface area (Å²) in [5.74, 6) is 0.104. The quantitative estimate of drug-likeness (QED) is 0.907. The van der Waals surface area contributed by atoms with Gasteiger partial charge in [-0.1, -0.05) is 33.3 Å². The van der Waals surface area contributed by atoms with Gasteiger partial charge in [-0.3, -0.25) is 9.59 Å². The van der Waals surface area contributed by atoms with Gasteiger partial charge in [0.05, 0.1) is 6.04 Å². The molecule has 4 nitrogen and oxygen atoms in total. The molecule has 1 aromatic heterocycles. The minimum absolute atomic E-state index is 0.0276. The second kappa shape index (κ2) is 6.39. The first kappa shape index (κ1) is 15.0. The average molecular weight is 294 g/mol. The fourth-order valence-electron chi connectivity index (χ4n) is 2.61. The van der Waals surface area contributed by atoms with Gasteiger partial charge in [0.15, 0.2) is 0 Å². The Hall–Kier alpha value is -1.36. The summed E-state index contributed by atoms with van der Waals surface area (Å²) in [7, 11) is 0. The molecule has 20 heavy (non-hydrogen) atoms. The number of nitrogens with one attached hydrogen (secondary N) is 1. The van der Waals surface area contributed by atoms with E-state index >= 15 is 0 Å². The van der Waals surface area contributed by atoms with Crippen LogP contribution in [0.4, 0.5) is 0 Å². The third-order valence-electron chi connectivity index (χ3n) is 3.66. The molecule has 110 valence electrons. The first-order valence-electron chi connectivity index (χ1n) is 7.17. The van der Waals surface area contributed by atoms with Gasteiger partial charge < -0.3 is 10.2 Å². The van der Waals surface area contributed by atoms with Crippen molar-refractivity contribution in [1.29, 1.82) is 0 Å². The van der Waals surface area contributed by atoms with E-state index in [0.717, 1.165) is 17.7 Å². The predicted octanol–water partition coefficient (Wildman–Crippen LogP) is 2.57. The average Bonchev–Trinajstić information content (AvgIpc) is 2.92. The van der Waals surface area contributed by atoms with Gasteiger partial charge >= 0.3 is 0 Å². The van der Waals surface area contributed by atoms with Crippen molar-refractivity contribution >= 4 is 23.2 Å². The molecule has 1 saturated heterocycles. The summed E-state index contributed by atoms with van der Waals surface area (Å²) in [5, 5.41) is 4.83. The highest BCUT2D eigenvalue weighted by atomic mass is 32.1. The molecule has 5 heteroatoms. The van der Waals surface area contributed by atoms with E-state index in [-0.39, 0.29) is 30.3 Å². The number of carbonyl (C=O) groups excluding carboxylic acids is 2. The van der Waals surface area contributed by atoms with Crippen molar-refractivity contribution in [2.45, 2.75) is 45.7 Å². The highest BCUT2D eigenvalue weighted by Crippen LogP contribution is 2.31. The van der Waals surface area contributed by atoms with Crippen LogP contribution in [0.2, 0.25) is 0 Å². The van der Waals surface area contributed by atoms with E-state index in [1.54, 1.807) is 16.2 Å². The summed E-state index contributed by atoms with van der Waals surface area (Å²) in [6, 6.07) is 3.68. The molecule has 2 amide bonds. The molecule has 0 aromatic carbocycles. The molecule has 2 heterocycles. The van der Waals surface area contributed by atoms with E-state index in [0.29, 0.717) is 0 Å². The molecule has 1 aromatic rings. The van der Waals surface area contributed by atoms with Crippen LogP contribution in [-0.4, -0.2) is 29.3 Å². The minimum atomic E-state index is -0.393. The minimum Gasteiger partial charge on any atom is -0.343 e. The molecule has 0 spiro atoms. The standard InChI is InChI=1S/C15H22N2O2S/c1-4-6-11(12-7-5-8-20-12)17-9-13(18)16-14(10(2)3)15(17)19/h5,7-8,10-11,14H,4,6,9H2,1-3H3,(H,16,18). The van der Waals surface area contributed by atoms with Crippen molar-refractivity contribution in [2.24, 2.45) is 5.92 Å². The Kier molecular flexibility index (Phi) is 4.81. The van der Waals surface area contributed by atoms with Crippen LogP contribution in [0.1, 0.15) is 44.5 Å². The van der Waals surface area contributed by atoms with Crippen LogP contribution in [0.5, 0.6) is 0 Å². The van der Waals surface area contributed by atoms with Crippen LogP contribution in [0.15, 0.2) is 17.5 Å². The van der Waals surface area contributed by atoms with Crippen molar-refractivity contribution in [2.75, 3.05) is 6.54 Å². The molecule has 0 saturated carbocycles. The first-order chi connectivity index (χ1) is 9.54. The molecule has 1 aliphatic rings. The topological polar surface area (TPSA) is 49.4 Å². The number of hydrogen-bond donors (Lipinski definition) is 1. The first-order valence-corrected chi connectivity index (χ1v) is 8.05. The van der Waals surface area contributed by atoms with Crippen molar-refractivity contribution in [1.82, 2.24) is 10.2 Å². The zero-order valence-electron chi connectivity index (χ0n) is 12.3. The van der Waals surface area contributed by atoms with Crippen molar-refractivity contribution in [3.63, 3.8) is 0 Å². The largest absolute Gasteiger partial charge is 0.343 e. The van der Waals surface area contributed by atoms with Gasteiger partial charge in [0, 0.05) is 4.88 Å². The molecule has 0 bridgehead atoms. The number of amides is 2. The molecule has 2 atom stereocenters. The summed E-state index contributed by atoms with van der Waals surface area (Å²) in [5.41, 5.74) is 0. The molecular formula is C15H22N2O2S. The molecule has 1 aliphatic heterocycles.